The van der Waals surface area contributed by atoms with Crippen LogP contribution in [0.4, 0.5) is 5.82 Å². The molecule has 2 unspecified atom stereocenters. The first-order chi connectivity index (χ1) is 14.7. The van der Waals surface area contributed by atoms with Crippen LogP contribution < -0.4 is 15.6 Å². The summed E-state index contributed by atoms with van der Waals surface area (Å²) >= 11 is 0. The summed E-state index contributed by atoms with van der Waals surface area (Å²) in [6, 6.07) is 12.3. The minimum absolute atomic E-state index is 0.163. The summed E-state index contributed by atoms with van der Waals surface area (Å²) in [5.74, 6) is 1.42. The quantitative estimate of drug-likeness (QED) is 0.544. The Morgan fingerprint density at radius 3 is 3.00 bits per heavy atom. The van der Waals surface area contributed by atoms with Gasteiger partial charge < -0.3 is 14.8 Å². The van der Waals surface area contributed by atoms with E-state index in [0.29, 0.717) is 24.7 Å². The lowest BCUT2D eigenvalue weighted by Crippen LogP contribution is -2.37. The lowest BCUT2D eigenvalue weighted by atomic mass is 10.1. The van der Waals surface area contributed by atoms with Gasteiger partial charge in [0, 0.05) is 24.0 Å². The minimum atomic E-state index is -0.270. The second kappa shape index (κ2) is 7.60. The number of methoxy groups -OCH3 is 1. The van der Waals surface area contributed by atoms with E-state index < -0.39 is 0 Å². The van der Waals surface area contributed by atoms with Gasteiger partial charge in [0.25, 0.3) is 5.56 Å². The van der Waals surface area contributed by atoms with Gasteiger partial charge in [-0.25, -0.2) is 14.2 Å². The topological polar surface area (TPSA) is 95.6 Å². The number of anilines is 1. The van der Waals surface area contributed by atoms with E-state index in [1.54, 1.807) is 36.3 Å². The van der Waals surface area contributed by atoms with Crippen LogP contribution >= 0.6 is 0 Å². The standard InChI is InChI=1S/C21H20N6O3/c1-29-15-4-2-3-14(11-15)16-5-6-20(28)27(25-16)19-13-30-12-17(19)24-21-18-7-8-23-26(18)10-9-22-21/h2-11,17,19H,12-13H2,1H3,(H,22,24). The molecule has 0 amide bonds. The van der Waals surface area contributed by atoms with Gasteiger partial charge in [-0.15, -0.1) is 0 Å². The molecule has 1 aliphatic rings. The van der Waals surface area contributed by atoms with Gasteiger partial charge in [0.15, 0.2) is 5.82 Å². The molecule has 9 nitrogen and oxygen atoms in total. The maximum Gasteiger partial charge on any atom is 0.267 e. The predicted octanol–water partition coefficient (Wildman–Crippen LogP) is 2.01. The SMILES string of the molecule is COc1cccc(-c2ccc(=O)n(C3COCC3Nc3nccn4nccc34)n2)c1. The summed E-state index contributed by atoms with van der Waals surface area (Å²) in [6.07, 6.45) is 5.18. The molecule has 30 heavy (non-hydrogen) atoms. The third-order valence-corrected chi connectivity index (χ3v) is 5.20. The van der Waals surface area contributed by atoms with Crippen molar-refractivity contribution in [2.45, 2.75) is 12.1 Å². The smallest absolute Gasteiger partial charge is 0.267 e. The Morgan fingerprint density at radius 1 is 1.17 bits per heavy atom. The molecule has 0 saturated carbocycles. The molecule has 1 aromatic carbocycles. The highest BCUT2D eigenvalue weighted by Gasteiger charge is 2.32. The van der Waals surface area contributed by atoms with Crippen LogP contribution in [0, 0.1) is 0 Å². The zero-order chi connectivity index (χ0) is 20.5. The van der Waals surface area contributed by atoms with Gasteiger partial charge in [0.2, 0.25) is 0 Å². The Balaban J connectivity index is 1.48. The molecule has 1 fully saturated rings. The first-order valence-electron chi connectivity index (χ1n) is 9.60. The molecule has 9 heteroatoms. The van der Waals surface area contributed by atoms with Gasteiger partial charge in [-0.1, -0.05) is 12.1 Å². The second-order valence-electron chi connectivity index (χ2n) is 7.03. The molecule has 5 rings (SSSR count). The number of rotatable bonds is 5. The zero-order valence-electron chi connectivity index (χ0n) is 16.3. The van der Waals surface area contributed by atoms with Crippen LogP contribution in [0.5, 0.6) is 5.75 Å². The van der Waals surface area contributed by atoms with Crippen molar-refractivity contribution in [3.8, 4) is 17.0 Å². The number of aromatic nitrogens is 5. The average Bonchev–Trinajstić information content (AvgIpc) is 3.44. The number of nitrogens with zero attached hydrogens (tertiary/aromatic N) is 5. The number of ether oxygens (including phenoxy) is 2. The monoisotopic (exact) mass is 404 g/mol. The fourth-order valence-electron chi connectivity index (χ4n) is 3.67. The van der Waals surface area contributed by atoms with Crippen molar-refractivity contribution in [2.75, 3.05) is 25.6 Å². The average molecular weight is 404 g/mol. The van der Waals surface area contributed by atoms with E-state index in [0.717, 1.165) is 16.8 Å². The maximum atomic E-state index is 12.6. The normalized spacial score (nSPS) is 18.6. The highest BCUT2D eigenvalue weighted by atomic mass is 16.5. The number of hydrogen-bond acceptors (Lipinski definition) is 7. The van der Waals surface area contributed by atoms with Crippen LogP contribution in [0.15, 0.2) is 65.8 Å². The zero-order valence-corrected chi connectivity index (χ0v) is 16.3. The van der Waals surface area contributed by atoms with Gasteiger partial charge in [0.05, 0.1) is 38.3 Å². The predicted molar refractivity (Wildman–Crippen MR) is 111 cm³/mol. The van der Waals surface area contributed by atoms with Crippen LogP contribution in [0.2, 0.25) is 0 Å². The summed E-state index contributed by atoms with van der Waals surface area (Å²) in [4.78, 5) is 17.1. The Labute approximate surface area is 171 Å². The molecule has 0 spiro atoms. The number of benzene rings is 1. The van der Waals surface area contributed by atoms with Crippen molar-refractivity contribution < 1.29 is 9.47 Å². The van der Waals surface area contributed by atoms with Crippen LogP contribution in [0.3, 0.4) is 0 Å². The fraction of sp³-hybridized carbons (Fsp3) is 0.238. The largest absolute Gasteiger partial charge is 0.497 e. The summed E-state index contributed by atoms with van der Waals surface area (Å²) in [7, 11) is 1.62. The van der Waals surface area contributed by atoms with Crippen molar-refractivity contribution in [3.63, 3.8) is 0 Å². The highest BCUT2D eigenvalue weighted by molar-refractivity contribution is 5.67. The first-order valence-corrected chi connectivity index (χ1v) is 9.60. The molecule has 4 heterocycles. The molecule has 2 atom stereocenters. The molecule has 1 aliphatic heterocycles. The van der Waals surface area contributed by atoms with Crippen molar-refractivity contribution in [1.29, 1.82) is 0 Å². The summed E-state index contributed by atoms with van der Waals surface area (Å²) < 4.78 is 14.2. The number of hydrogen-bond donors (Lipinski definition) is 1. The van der Waals surface area contributed by atoms with E-state index in [-0.39, 0.29) is 17.6 Å². The van der Waals surface area contributed by atoms with Gasteiger partial charge >= 0.3 is 0 Å². The van der Waals surface area contributed by atoms with Crippen molar-refractivity contribution >= 4 is 11.3 Å². The van der Waals surface area contributed by atoms with E-state index in [2.05, 4.69) is 20.5 Å². The van der Waals surface area contributed by atoms with Crippen molar-refractivity contribution in [3.05, 3.63) is 71.4 Å². The summed E-state index contributed by atoms with van der Waals surface area (Å²) in [5.41, 5.74) is 2.24. The van der Waals surface area contributed by atoms with Gasteiger partial charge in [0.1, 0.15) is 17.3 Å². The Bertz CT molecular complexity index is 1250. The van der Waals surface area contributed by atoms with E-state index in [1.807, 2.05) is 30.3 Å². The number of fused-ring (bicyclic) bond motifs is 1. The van der Waals surface area contributed by atoms with Crippen LogP contribution in [-0.2, 0) is 4.74 Å². The molecule has 1 saturated heterocycles. The minimum Gasteiger partial charge on any atom is -0.497 e. The molecular formula is C21H20N6O3. The first kappa shape index (κ1) is 18.3. The Morgan fingerprint density at radius 2 is 2.10 bits per heavy atom. The molecule has 0 radical (unpaired) electrons. The molecule has 3 aromatic heterocycles. The second-order valence-corrected chi connectivity index (χ2v) is 7.03. The molecule has 1 N–H and O–H groups in total. The molecular weight excluding hydrogens is 384 g/mol. The van der Waals surface area contributed by atoms with Crippen LogP contribution in [0.25, 0.3) is 16.8 Å². The van der Waals surface area contributed by atoms with E-state index in [1.165, 1.54) is 10.7 Å². The lowest BCUT2D eigenvalue weighted by molar-refractivity contribution is 0.183. The van der Waals surface area contributed by atoms with Crippen molar-refractivity contribution in [1.82, 2.24) is 24.4 Å². The Kier molecular flexibility index (Phi) is 4.64. The van der Waals surface area contributed by atoms with Gasteiger partial charge in [-0.3, -0.25) is 4.79 Å². The van der Waals surface area contributed by atoms with Gasteiger partial charge in [-0.05, 0) is 24.3 Å². The molecule has 4 aromatic rings. The van der Waals surface area contributed by atoms with Crippen LogP contribution in [0.1, 0.15) is 6.04 Å². The fourth-order valence-corrected chi connectivity index (χ4v) is 3.67. The van der Waals surface area contributed by atoms with Crippen LogP contribution in [-0.4, -0.2) is 50.7 Å². The summed E-state index contributed by atoms with van der Waals surface area (Å²) in [5, 5.41) is 12.3. The van der Waals surface area contributed by atoms with E-state index in [4.69, 9.17) is 9.47 Å². The maximum absolute atomic E-state index is 12.6. The number of nitrogens with one attached hydrogen (secondary N) is 1. The van der Waals surface area contributed by atoms with Crippen molar-refractivity contribution in [2.24, 2.45) is 0 Å². The highest BCUT2D eigenvalue weighted by Crippen LogP contribution is 2.25. The molecule has 0 bridgehead atoms. The van der Waals surface area contributed by atoms with E-state index >= 15 is 0 Å². The van der Waals surface area contributed by atoms with E-state index in [9.17, 15) is 4.79 Å². The summed E-state index contributed by atoms with van der Waals surface area (Å²) in [6.45, 7) is 0.827. The molecule has 0 aliphatic carbocycles. The molecule has 152 valence electrons. The third kappa shape index (κ3) is 3.29. The third-order valence-electron chi connectivity index (χ3n) is 5.20. The van der Waals surface area contributed by atoms with Gasteiger partial charge in [-0.2, -0.15) is 10.2 Å². The Hall–Kier alpha value is -3.72. The lowest BCUT2D eigenvalue weighted by Gasteiger charge is -2.21.